The van der Waals surface area contributed by atoms with Gasteiger partial charge in [0.05, 0.1) is 35.9 Å². The van der Waals surface area contributed by atoms with Gasteiger partial charge in [0.25, 0.3) is 0 Å². The molecule has 1 aromatic rings. The van der Waals surface area contributed by atoms with Crippen LogP contribution < -0.4 is 5.73 Å². The molecule has 3 rings (SSSR count). The van der Waals surface area contributed by atoms with E-state index in [1.54, 1.807) is 17.0 Å². The van der Waals surface area contributed by atoms with Crippen molar-refractivity contribution < 1.29 is 9.21 Å². The second kappa shape index (κ2) is 5.85. The maximum absolute atomic E-state index is 11.8. The Morgan fingerprint density at radius 2 is 2.12 bits per heavy atom. The molecule has 7 nitrogen and oxygen atoms in total. The fraction of sp³-hybridized carbons (Fsp3) is 0.333. The SMILES string of the molecule is CC(=O)N1CC=C2C(C#N)=C(N)C(C#N)(C#N)[C@H](c3ccoc3)[C@@H]2C1. The Labute approximate surface area is 144 Å². The maximum Gasteiger partial charge on any atom is 0.219 e. The highest BCUT2D eigenvalue weighted by Gasteiger charge is 2.54. The predicted octanol–water partition coefficient (Wildman–Crippen LogP) is 1.55. The number of amides is 1. The molecule has 1 amide bonds. The monoisotopic (exact) mass is 333 g/mol. The van der Waals surface area contributed by atoms with Gasteiger partial charge in [0, 0.05) is 31.8 Å². The van der Waals surface area contributed by atoms with E-state index in [2.05, 4.69) is 0 Å². The van der Waals surface area contributed by atoms with Crippen LogP contribution in [0.3, 0.4) is 0 Å². The van der Waals surface area contributed by atoms with Gasteiger partial charge in [-0.2, -0.15) is 15.8 Å². The Balaban J connectivity index is 2.29. The Morgan fingerprint density at radius 3 is 2.64 bits per heavy atom. The van der Waals surface area contributed by atoms with Crippen molar-refractivity contribution in [2.24, 2.45) is 17.1 Å². The number of allylic oxidation sites excluding steroid dienone is 2. The van der Waals surface area contributed by atoms with Crippen LogP contribution in [-0.4, -0.2) is 23.9 Å². The second-order valence-corrected chi connectivity index (χ2v) is 6.16. The van der Waals surface area contributed by atoms with Crippen LogP contribution in [0, 0.1) is 45.3 Å². The van der Waals surface area contributed by atoms with E-state index >= 15 is 0 Å². The van der Waals surface area contributed by atoms with Crippen molar-refractivity contribution in [3.05, 3.63) is 47.1 Å². The lowest BCUT2D eigenvalue weighted by Gasteiger charge is -2.44. The minimum atomic E-state index is -1.70. The number of rotatable bonds is 1. The first-order valence-electron chi connectivity index (χ1n) is 7.71. The highest BCUT2D eigenvalue weighted by atomic mass is 16.3. The molecule has 0 aromatic carbocycles. The van der Waals surface area contributed by atoms with Crippen molar-refractivity contribution in [2.75, 3.05) is 13.1 Å². The Hall–Kier alpha value is -3.50. The number of fused-ring (bicyclic) bond motifs is 1. The molecule has 124 valence electrons. The number of carbonyl (C=O) groups excluding carboxylic acids is 1. The van der Waals surface area contributed by atoms with E-state index in [1.165, 1.54) is 19.5 Å². The molecule has 0 fully saturated rings. The summed E-state index contributed by atoms with van der Waals surface area (Å²) in [6, 6.07) is 7.79. The zero-order valence-electron chi connectivity index (χ0n) is 13.6. The van der Waals surface area contributed by atoms with E-state index in [1.807, 2.05) is 18.2 Å². The third-order valence-electron chi connectivity index (χ3n) is 5.01. The lowest BCUT2D eigenvalue weighted by molar-refractivity contribution is -0.129. The van der Waals surface area contributed by atoms with Gasteiger partial charge in [0.1, 0.15) is 6.07 Å². The van der Waals surface area contributed by atoms with Gasteiger partial charge in [-0.15, -0.1) is 0 Å². The van der Waals surface area contributed by atoms with Crippen LogP contribution >= 0.6 is 0 Å². The first-order valence-corrected chi connectivity index (χ1v) is 7.71. The first kappa shape index (κ1) is 16.4. The summed E-state index contributed by atoms with van der Waals surface area (Å²) in [5, 5.41) is 29.2. The topological polar surface area (TPSA) is 131 Å². The molecule has 0 saturated heterocycles. The number of nitrogens with two attached hydrogens (primary N) is 1. The standard InChI is InChI=1S/C18H15N5O2/c1-11(24)23-4-2-13-14(6-19)17(22)18(9-20,10-21)16(15(13)7-23)12-3-5-25-8-12/h2-3,5,8,15-16H,4,7,22H2,1H3/t15-,16-/m1/s1. The average Bonchev–Trinajstić information content (AvgIpc) is 3.14. The largest absolute Gasteiger partial charge is 0.472 e. The Bertz CT molecular complexity index is 891. The summed E-state index contributed by atoms with van der Waals surface area (Å²) < 4.78 is 5.15. The van der Waals surface area contributed by atoms with Crippen LogP contribution in [0.15, 0.2) is 45.9 Å². The van der Waals surface area contributed by atoms with Gasteiger partial charge < -0.3 is 15.1 Å². The molecule has 2 heterocycles. The molecule has 0 saturated carbocycles. The van der Waals surface area contributed by atoms with E-state index in [0.29, 0.717) is 24.2 Å². The zero-order valence-corrected chi connectivity index (χ0v) is 13.6. The highest BCUT2D eigenvalue weighted by Crippen LogP contribution is 2.54. The van der Waals surface area contributed by atoms with Crippen molar-refractivity contribution in [2.45, 2.75) is 12.8 Å². The summed E-state index contributed by atoms with van der Waals surface area (Å²) in [7, 11) is 0. The average molecular weight is 333 g/mol. The summed E-state index contributed by atoms with van der Waals surface area (Å²) in [5.41, 5.74) is 5.90. The maximum atomic E-state index is 11.8. The van der Waals surface area contributed by atoms with Crippen LogP contribution in [0.1, 0.15) is 18.4 Å². The third kappa shape index (κ3) is 2.20. The molecule has 0 unspecified atom stereocenters. The van der Waals surface area contributed by atoms with Crippen molar-refractivity contribution in [1.29, 1.82) is 15.8 Å². The van der Waals surface area contributed by atoms with Gasteiger partial charge in [-0.25, -0.2) is 0 Å². The van der Waals surface area contributed by atoms with Crippen molar-refractivity contribution >= 4 is 5.91 Å². The van der Waals surface area contributed by atoms with E-state index < -0.39 is 17.3 Å². The summed E-state index contributed by atoms with van der Waals surface area (Å²) in [6.07, 6.45) is 4.72. The van der Waals surface area contributed by atoms with Crippen molar-refractivity contribution in [3.8, 4) is 18.2 Å². The Kier molecular flexibility index (Phi) is 3.83. The molecule has 2 atom stereocenters. The van der Waals surface area contributed by atoms with E-state index in [9.17, 15) is 20.6 Å². The molecule has 1 aliphatic carbocycles. The van der Waals surface area contributed by atoms with Crippen LogP contribution in [0.4, 0.5) is 0 Å². The molecule has 1 aliphatic heterocycles. The van der Waals surface area contributed by atoms with E-state index in [-0.39, 0.29) is 17.2 Å². The summed E-state index contributed by atoms with van der Waals surface area (Å²) in [4.78, 5) is 13.5. The molecule has 0 radical (unpaired) electrons. The first-order chi connectivity index (χ1) is 12.0. The molecule has 1 aromatic heterocycles. The molecular formula is C18H15N5O2. The number of furan rings is 1. The van der Waals surface area contributed by atoms with Crippen molar-refractivity contribution in [1.82, 2.24) is 4.90 Å². The van der Waals surface area contributed by atoms with Crippen LogP contribution in [0.25, 0.3) is 0 Å². The second-order valence-electron chi connectivity index (χ2n) is 6.16. The number of nitrogens with zero attached hydrogens (tertiary/aromatic N) is 4. The van der Waals surface area contributed by atoms with E-state index in [0.717, 1.165) is 0 Å². The fourth-order valence-corrected chi connectivity index (χ4v) is 3.77. The van der Waals surface area contributed by atoms with Gasteiger partial charge in [-0.05, 0) is 17.2 Å². The minimum absolute atomic E-state index is 0.0371. The quantitative estimate of drug-likeness (QED) is 0.829. The summed E-state index contributed by atoms with van der Waals surface area (Å²) in [5.74, 6) is -1.13. The number of nitriles is 3. The smallest absolute Gasteiger partial charge is 0.219 e. The van der Waals surface area contributed by atoms with Crippen molar-refractivity contribution in [3.63, 3.8) is 0 Å². The van der Waals surface area contributed by atoms with Gasteiger partial charge in [-0.1, -0.05) is 6.08 Å². The van der Waals surface area contributed by atoms with Crippen LogP contribution in [-0.2, 0) is 4.79 Å². The lowest BCUT2D eigenvalue weighted by Crippen LogP contribution is -2.48. The summed E-state index contributed by atoms with van der Waals surface area (Å²) >= 11 is 0. The molecule has 7 heteroatoms. The van der Waals surface area contributed by atoms with Gasteiger partial charge >= 0.3 is 0 Å². The molecular weight excluding hydrogens is 318 g/mol. The molecule has 2 N–H and O–H groups in total. The Morgan fingerprint density at radius 1 is 1.40 bits per heavy atom. The van der Waals surface area contributed by atoms with Crippen LogP contribution in [0.5, 0.6) is 0 Å². The third-order valence-corrected chi connectivity index (χ3v) is 5.01. The normalized spacial score (nSPS) is 24.4. The van der Waals surface area contributed by atoms with Gasteiger partial charge in [0.2, 0.25) is 5.91 Å². The summed E-state index contributed by atoms with van der Waals surface area (Å²) in [6.45, 7) is 2.14. The molecule has 2 aliphatic rings. The number of carbonyl (C=O) groups is 1. The molecule has 25 heavy (non-hydrogen) atoms. The van der Waals surface area contributed by atoms with E-state index in [4.69, 9.17) is 10.2 Å². The predicted molar refractivity (Wildman–Crippen MR) is 85.8 cm³/mol. The molecule has 0 spiro atoms. The van der Waals surface area contributed by atoms with Gasteiger partial charge in [-0.3, -0.25) is 4.79 Å². The zero-order chi connectivity index (χ0) is 18.2. The minimum Gasteiger partial charge on any atom is -0.472 e. The number of hydrogen-bond donors (Lipinski definition) is 1. The molecule has 0 bridgehead atoms. The lowest BCUT2D eigenvalue weighted by atomic mass is 9.58. The highest BCUT2D eigenvalue weighted by molar-refractivity contribution is 5.74. The van der Waals surface area contributed by atoms with Crippen LogP contribution in [0.2, 0.25) is 0 Å². The fourth-order valence-electron chi connectivity index (χ4n) is 3.77. The van der Waals surface area contributed by atoms with Gasteiger partial charge in [0.15, 0.2) is 5.41 Å². The number of hydrogen-bond acceptors (Lipinski definition) is 6.